The molecule has 132 valence electrons. The van der Waals surface area contributed by atoms with E-state index in [0.717, 1.165) is 25.7 Å². The SMILES string of the molecule is O=[N+]([O-])c1ccc(CO)cc1NCC1COC2(CCCCCC2)O1. The van der Waals surface area contributed by atoms with E-state index in [-0.39, 0.29) is 18.4 Å². The van der Waals surface area contributed by atoms with Gasteiger partial charge in [-0.2, -0.15) is 0 Å². The monoisotopic (exact) mass is 336 g/mol. The first kappa shape index (κ1) is 17.1. The molecule has 1 unspecified atom stereocenters. The number of aliphatic hydroxyl groups is 1. The summed E-state index contributed by atoms with van der Waals surface area (Å²) in [6, 6.07) is 4.57. The molecule has 2 fully saturated rings. The molecule has 3 rings (SSSR count). The summed E-state index contributed by atoms with van der Waals surface area (Å²) in [6.45, 7) is 0.788. The highest BCUT2D eigenvalue weighted by Gasteiger charge is 2.41. The van der Waals surface area contributed by atoms with Crippen molar-refractivity contribution in [1.82, 2.24) is 0 Å². The number of nitro benzene ring substituents is 1. The van der Waals surface area contributed by atoms with Crippen molar-refractivity contribution in [2.45, 2.75) is 57.0 Å². The van der Waals surface area contributed by atoms with Crippen molar-refractivity contribution in [3.63, 3.8) is 0 Å². The summed E-state index contributed by atoms with van der Waals surface area (Å²) < 4.78 is 12.1. The van der Waals surface area contributed by atoms with E-state index in [0.29, 0.717) is 24.4 Å². The van der Waals surface area contributed by atoms with Crippen LogP contribution in [0.25, 0.3) is 0 Å². The maximum Gasteiger partial charge on any atom is 0.292 e. The summed E-state index contributed by atoms with van der Waals surface area (Å²) in [5, 5.41) is 23.5. The lowest BCUT2D eigenvalue weighted by Gasteiger charge is -2.26. The molecular formula is C17H24N2O5. The first-order valence-electron chi connectivity index (χ1n) is 8.56. The Morgan fingerprint density at radius 2 is 2.04 bits per heavy atom. The number of hydrogen-bond donors (Lipinski definition) is 2. The first-order valence-corrected chi connectivity index (χ1v) is 8.56. The van der Waals surface area contributed by atoms with Crippen LogP contribution in [0.5, 0.6) is 0 Å². The highest BCUT2D eigenvalue weighted by molar-refractivity contribution is 5.62. The molecule has 1 spiro atoms. The molecule has 1 saturated carbocycles. The van der Waals surface area contributed by atoms with Crippen LogP contribution in [-0.2, 0) is 16.1 Å². The minimum absolute atomic E-state index is 0.00436. The third-order valence-electron chi connectivity index (χ3n) is 4.74. The summed E-state index contributed by atoms with van der Waals surface area (Å²) in [4.78, 5) is 10.7. The van der Waals surface area contributed by atoms with Crippen molar-refractivity contribution in [2.75, 3.05) is 18.5 Å². The van der Waals surface area contributed by atoms with Crippen molar-refractivity contribution in [1.29, 1.82) is 0 Å². The van der Waals surface area contributed by atoms with Crippen molar-refractivity contribution in [3.8, 4) is 0 Å². The molecule has 0 bridgehead atoms. The van der Waals surface area contributed by atoms with Gasteiger partial charge in [0.15, 0.2) is 5.79 Å². The van der Waals surface area contributed by atoms with Crippen LogP contribution in [-0.4, -0.2) is 35.1 Å². The number of nitrogens with one attached hydrogen (secondary N) is 1. The maximum atomic E-state index is 11.1. The lowest BCUT2D eigenvalue weighted by molar-refractivity contribution is -0.384. The van der Waals surface area contributed by atoms with Crippen LogP contribution in [0, 0.1) is 10.1 Å². The number of nitrogens with zero attached hydrogens (tertiary/aromatic N) is 1. The van der Waals surface area contributed by atoms with E-state index < -0.39 is 10.7 Å². The topological polar surface area (TPSA) is 93.9 Å². The van der Waals surface area contributed by atoms with Gasteiger partial charge in [-0.3, -0.25) is 10.1 Å². The van der Waals surface area contributed by atoms with Crippen molar-refractivity contribution in [3.05, 3.63) is 33.9 Å². The van der Waals surface area contributed by atoms with E-state index >= 15 is 0 Å². The molecule has 1 atom stereocenters. The maximum absolute atomic E-state index is 11.1. The Labute approximate surface area is 141 Å². The standard InChI is InChI=1S/C17H24N2O5/c20-11-13-5-6-16(19(21)22)15(9-13)18-10-14-12-23-17(24-14)7-3-1-2-4-8-17/h5-6,9,14,18,20H,1-4,7-8,10-12H2. The molecule has 1 saturated heterocycles. The van der Waals surface area contributed by atoms with Gasteiger partial charge in [0, 0.05) is 25.5 Å². The number of anilines is 1. The van der Waals surface area contributed by atoms with Gasteiger partial charge in [0.25, 0.3) is 5.69 Å². The van der Waals surface area contributed by atoms with Gasteiger partial charge in [0.2, 0.25) is 0 Å². The number of nitro groups is 1. The van der Waals surface area contributed by atoms with Crippen LogP contribution in [0.15, 0.2) is 18.2 Å². The van der Waals surface area contributed by atoms with Crippen LogP contribution in [0.1, 0.15) is 44.1 Å². The Hall–Kier alpha value is -1.70. The predicted octanol–water partition coefficient (Wildman–Crippen LogP) is 2.96. The highest BCUT2D eigenvalue weighted by Crippen LogP contribution is 2.37. The second-order valence-corrected chi connectivity index (χ2v) is 6.52. The third kappa shape index (κ3) is 3.85. The van der Waals surface area contributed by atoms with Crippen LogP contribution in [0.3, 0.4) is 0 Å². The van der Waals surface area contributed by atoms with E-state index in [1.807, 2.05) is 0 Å². The first-order chi connectivity index (χ1) is 11.6. The fourth-order valence-corrected chi connectivity index (χ4v) is 3.45. The normalized spacial score (nSPS) is 23.1. The highest BCUT2D eigenvalue weighted by atomic mass is 16.7. The fourth-order valence-electron chi connectivity index (χ4n) is 3.45. The third-order valence-corrected chi connectivity index (χ3v) is 4.74. The summed E-state index contributed by atoms with van der Waals surface area (Å²) in [6.07, 6.45) is 6.39. The second kappa shape index (κ2) is 7.46. The van der Waals surface area contributed by atoms with Crippen molar-refractivity contribution in [2.24, 2.45) is 0 Å². The smallest absolute Gasteiger partial charge is 0.292 e. The van der Waals surface area contributed by atoms with Gasteiger partial charge in [0.1, 0.15) is 11.8 Å². The van der Waals surface area contributed by atoms with Crippen molar-refractivity contribution >= 4 is 11.4 Å². The number of ether oxygens (including phenoxy) is 2. The molecule has 0 radical (unpaired) electrons. The van der Waals surface area contributed by atoms with Gasteiger partial charge in [-0.25, -0.2) is 0 Å². The molecular weight excluding hydrogens is 312 g/mol. The van der Waals surface area contributed by atoms with Gasteiger partial charge in [-0.15, -0.1) is 0 Å². The summed E-state index contributed by atoms with van der Waals surface area (Å²) in [5.41, 5.74) is 1.03. The fraction of sp³-hybridized carbons (Fsp3) is 0.647. The Morgan fingerprint density at radius 1 is 1.29 bits per heavy atom. The Kier molecular flexibility index (Phi) is 5.33. The summed E-state index contributed by atoms with van der Waals surface area (Å²) >= 11 is 0. The molecule has 7 heteroatoms. The van der Waals surface area contributed by atoms with Gasteiger partial charge in [0.05, 0.1) is 18.1 Å². The molecule has 2 N–H and O–H groups in total. The zero-order chi connectivity index (χ0) is 17.0. The Balaban J connectivity index is 1.63. The largest absolute Gasteiger partial charge is 0.392 e. The Bertz CT molecular complexity index is 584. The molecule has 7 nitrogen and oxygen atoms in total. The molecule has 24 heavy (non-hydrogen) atoms. The minimum atomic E-state index is -0.457. The van der Waals surface area contributed by atoms with Gasteiger partial charge in [-0.05, 0) is 30.5 Å². The zero-order valence-corrected chi connectivity index (χ0v) is 13.7. The average molecular weight is 336 g/mol. The summed E-state index contributed by atoms with van der Waals surface area (Å²) in [7, 11) is 0. The molecule has 2 aliphatic rings. The zero-order valence-electron chi connectivity index (χ0n) is 13.7. The predicted molar refractivity (Wildman–Crippen MR) is 88.8 cm³/mol. The summed E-state index contributed by atoms with van der Waals surface area (Å²) in [5.74, 6) is -0.457. The second-order valence-electron chi connectivity index (χ2n) is 6.52. The lowest BCUT2D eigenvalue weighted by Crippen LogP contribution is -2.31. The molecule has 1 aromatic carbocycles. The van der Waals surface area contributed by atoms with E-state index in [9.17, 15) is 15.2 Å². The van der Waals surface area contributed by atoms with E-state index in [1.54, 1.807) is 12.1 Å². The van der Waals surface area contributed by atoms with Crippen LogP contribution < -0.4 is 5.32 Å². The minimum Gasteiger partial charge on any atom is -0.392 e. The van der Waals surface area contributed by atoms with Crippen LogP contribution in [0.4, 0.5) is 11.4 Å². The Morgan fingerprint density at radius 3 is 2.71 bits per heavy atom. The number of rotatable bonds is 5. The van der Waals surface area contributed by atoms with E-state index in [4.69, 9.17) is 9.47 Å². The molecule has 1 aromatic rings. The van der Waals surface area contributed by atoms with Crippen LogP contribution in [0.2, 0.25) is 0 Å². The van der Waals surface area contributed by atoms with Crippen molar-refractivity contribution < 1.29 is 19.5 Å². The van der Waals surface area contributed by atoms with Gasteiger partial charge < -0.3 is 19.9 Å². The van der Waals surface area contributed by atoms with Gasteiger partial charge in [-0.1, -0.05) is 12.8 Å². The molecule has 1 aliphatic heterocycles. The van der Waals surface area contributed by atoms with Crippen LogP contribution >= 0.6 is 0 Å². The number of benzene rings is 1. The molecule has 1 aliphatic carbocycles. The number of hydrogen-bond acceptors (Lipinski definition) is 6. The average Bonchev–Trinajstić information content (AvgIpc) is 2.84. The quantitative estimate of drug-likeness (QED) is 0.634. The molecule has 0 aromatic heterocycles. The lowest BCUT2D eigenvalue weighted by atomic mass is 10.1. The van der Waals surface area contributed by atoms with E-state index in [2.05, 4.69) is 5.32 Å². The molecule has 0 amide bonds. The number of aliphatic hydroxyl groups excluding tert-OH is 1. The molecule has 1 heterocycles. The van der Waals surface area contributed by atoms with Gasteiger partial charge >= 0.3 is 0 Å². The van der Waals surface area contributed by atoms with E-state index in [1.165, 1.54) is 18.9 Å².